The van der Waals surface area contributed by atoms with Crippen molar-refractivity contribution in [2.24, 2.45) is 0 Å². The zero-order chi connectivity index (χ0) is 11.5. The molecule has 0 aliphatic heterocycles. The van der Waals surface area contributed by atoms with Crippen molar-refractivity contribution in [3.8, 4) is 0 Å². The number of sulfone groups is 1. The van der Waals surface area contributed by atoms with Gasteiger partial charge in [-0.25, -0.2) is 8.42 Å². The van der Waals surface area contributed by atoms with Crippen LogP contribution in [0.25, 0.3) is 0 Å². The van der Waals surface area contributed by atoms with E-state index in [0.717, 1.165) is 6.42 Å². The first kappa shape index (κ1) is 13.0. The van der Waals surface area contributed by atoms with E-state index in [1.54, 1.807) is 13.8 Å². The molecule has 0 atom stereocenters. The number of hydrogen-bond donors (Lipinski definition) is 1. The molecule has 15 heavy (non-hydrogen) atoms. The van der Waals surface area contributed by atoms with E-state index in [4.69, 9.17) is 0 Å². The van der Waals surface area contributed by atoms with Gasteiger partial charge in [0.15, 0.2) is 9.84 Å². The summed E-state index contributed by atoms with van der Waals surface area (Å²) in [5.41, 5.74) is 0.256. The maximum atomic E-state index is 11.6. The fraction of sp³-hybridized carbons (Fsp3) is 1.00. The van der Waals surface area contributed by atoms with Gasteiger partial charge in [0.1, 0.15) is 0 Å². The fourth-order valence-electron chi connectivity index (χ4n) is 1.95. The van der Waals surface area contributed by atoms with E-state index < -0.39 is 9.84 Å². The monoisotopic (exact) mass is 233 g/mol. The molecule has 0 aromatic heterocycles. The van der Waals surface area contributed by atoms with Gasteiger partial charge in [-0.3, -0.25) is 0 Å². The Bertz CT molecular complexity index is 286. The molecule has 1 fully saturated rings. The van der Waals surface area contributed by atoms with Gasteiger partial charge < -0.3 is 5.32 Å². The van der Waals surface area contributed by atoms with E-state index in [0.29, 0.717) is 6.54 Å². The standard InChI is InChI=1S/C11H23NO2S/c1-4-11(6-5-7-11)12-8-9-15(13,14)10(2)3/h10,12H,4-9H2,1-3H3. The predicted octanol–water partition coefficient (Wildman–Crippen LogP) is 1.73. The van der Waals surface area contributed by atoms with Crippen LogP contribution in [0.1, 0.15) is 46.5 Å². The molecule has 1 rings (SSSR count). The number of rotatable bonds is 6. The Kier molecular flexibility index (Phi) is 4.18. The van der Waals surface area contributed by atoms with E-state index in [9.17, 15) is 8.42 Å². The highest BCUT2D eigenvalue weighted by molar-refractivity contribution is 7.92. The minimum Gasteiger partial charge on any atom is -0.310 e. The average molecular weight is 233 g/mol. The van der Waals surface area contributed by atoms with Crippen molar-refractivity contribution in [1.82, 2.24) is 5.32 Å². The van der Waals surface area contributed by atoms with Crippen LogP contribution in [0.3, 0.4) is 0 Å². The van der Waals surface area contributed by atoms with Crippen LogP contribution in [0.5, 0.6) is 0 Å². The lowest BCUT2D eigenvalue weighted by Crippen LogP contribution is -2.51. The molecule has 1 aliphatic carbocycles. The second-order valence-corrected chi connectivity index (χ2v) is 7.51. The largest absolute Gasteiger partial charge is 0.310 e. The lowest BCUT2D eigenvalue weighted by Gasteiger charge is -2.42. The van der Waals surface area contributed by atoms with Crippen LogP contribution in [0.15, 0.2) is 0 Å². The SMILES string of the molecule is CCC1(NCCS(=O)(=O)C(C)C)CCC1. The fourth-order valence-corrected chi connectivity index (χ4v) is 2.81. The maximum Gasteiger partial charge on any atom is 0.153 e. The first-order chi connectivity index (χ1) is 6.92. The maximum absolute atomic E-state index is 11.6. The molecular weight excluding hydrogens is 210 g/mol. The van der Waals surface area contributed by atoms with Crippen LogP contribution >= 0.6 is 0 Å². The molecule has 3 nitrogen and oxygen atoms in total. The van der Waals surface area contributed by atoms with Gasteiger partial charge in [0, 0.05) is 12.1 Å². The summed E-state index contributed by atoms with van der Waals surface area (Å²) < 4.78 is 23.1. The summed E-state index contributed by atoms with van der Waals surface area (Å²) in [4.78, 5) is 0. The molecule has 0 radical (unpaired) electrons. The third-order valence-corrected chi connectivity index (χ3v) is 5.80. The summed E-state index contributed by atoms with van der Waals surface area (Å²) >= 11 is 0. The third kappa shape index (κ3) is 3.18. The molecule has 0 bridgehead atoms. The van der Waals surface area contributed by atoms with Gasteiger partial charge in [0.2, 0.25) is 0 Å². The molecule has 0 amide bonds. The molecule has 1 N–H and O–H groups in total. The van der Waals surface area contributed by atoms with Gasteiger partial charge in [-0.05, 0) is 39.5 Å². The van der Waals surface area contributed by atoms with Crippen molar-refractivity contribution in [3.63, 3.8) is 0 Å². The second-order valence-electron chi connectivity index (χ2n) is 4.83. The average Bonchev–Trinajstić information content (AvgIpc) is 2.09. The van der Waals surface area contributed by atoms with E-state index in [1.165, 1.54) is 19.3 Å². The van der Waals surface area contributed by atoms with Gasteiger partial charge in [0.05, 0.1) is 11.0 Å². The van der Waals surface area contributed by atoms with E-state index >= 15 is 0 Å². The highest BCUT2D eigenvalue weighted by Gasteiger charge is 2.34. The van der Waals surface area contributed by atoms with Crippen LogP contribution in [0.2, 0.25) is 0 Å². The summed E-state index contributed by atoms with van der Waals surface area (Å²) in [5, 5.41) is 3.16. The van der Waals surface area contributed by atoms with E-state index in [1.807, 2.05) is 0 Å². The highest BCUT2D eigenvalue weighted by Crippen LogP contribution is 2.34. The molecular formula is C11H23NO2S. The molecule has 90 valence electrons. The number of nitrogens with one attached hydrogen (secondary N) is 1. The second kappa shape index (κ2) is 4.83. The van der Waals surface area contributed by atoms with Crippen LogP contribution in [-0.4, -0.2) is 31.5 Å². The van der Waals surface area contributed by atoms with Crippen molar-refractivity contribution >= 4 is 9.84 Å². The van der Waals surface area contributed by atoms with Crippen molar-refractivity contribution in [1.29, 1.82) is 0 Å². The van der Waals surface area contributed by atoms with Gasteiger partial charge in [0.25, 0.3) is 0 Å². The quantitative estimate of drug-likeness (QED) is 0.760. The van der Waals surface area contributed by atoms with E-state index in [2.05, 4.69) is 12.2 Å². The molecule has 0 spiro atoms. The summed E-state index contributed by atoms with van der Waals surface area (Å²) in [7, 11) is -2.88. The molecule has 4 heteroatoms. The lowest BCUT2D eigenvalue weighted by atomic mass is 9.75. The zero-order valence-electron chi connectivity index (χ0n) is 10.0. The summed E-state index contributed by atoms with van der Waals surface area (Å²) in [6, 6.07) is 0. The Balaban J connectivity index is 2.33. The minimum atomic E-state index is -2.88. The van der Waals surface area contributed by atoms with Gasteiger partial charge in [-0.1, -0.05) is 6.92 Å². The first-order valence-electron chi connectivity index (χ1n) is 5.88. The zero-order valence-corrected chi connectivity index (χ0v) is 10.9. The van der Waals surface area contributed by atoms with Crippen molar-refractivity contribution in [3.05, 3.63) is 0 Å². The van der Waals surface area contributed by atoms with Crippen molar-refractivity contribution in [2.45, 2.75) is 57.2 Å². The smallest absolute Gasteiger partial charge is 0.153 e. The summed E-state index contributed by atoms with van der Waals surface area (Å²) in [5.74, 6) is 0.270. The topological polar surface area (TPSA) is 46.2 Å². The van der Waals surface area contributed by atoms with Crippen LogP contribution < -0.4 is 5.32 Å². The minimum absolute atomic E-state index is 0.252. The summed E-state index contributed by atoms with van der Waals surface area (Å²) in [6.07, 6.45) is 4.78. The van der Waals surface area contributed by atoms with E-state index in [-0.39, 0.29) is 16.5 Å². The van der Waals surface area contributed by atoms with Crippen LogP contribution in [0.4, 0.5) is 0 Å². The Morgan fingerprint density at radius 3 is 2.27 bits per heavy atom. The first-order valence-corrected chi connectivity index (χ1v) is 7.60. The van der Waals surface area contributed by atoms with Gasteiger partial charge >= 0.3 is 0 Å². The Hall–Kier alpha value is -0.0900. The number of hydrogen-bond acceptors (Lipinski definition) is 3. The normalized spacial score (nSPS) is 20.3. The lowest BCUT2D eigenvalue weighted by molar-refractivity contribution is 0.182. The highest BCUT2D eigenvalue weighted by atomic mass is 32.2. The molecule has 0 aromatic carbocycles. The molecule has 1 aliphatic rings. The Morgan fingerprint density at radius 2 is 1.93 bits per heavy atom. The van der Waals surface area contributed by atoms with Crippen LogP contribution in [0, 0.1) is 0 Å². The molecule has 0 unspecified atom stereocenters. The Morgan fingerprint density at radius 1 is 1.33 bits per heavy atom. The van der Waals surface area contributed by atoms with Crippen molar-refractivity contribution < 1.29 is 8.42 Å². The molecule has 0 saturated heterocycles. The van der Waals surface area contributed by atoms with Gasteiger partial charge in [-0.2, -0.15) is 0 Å². The molecule has 1 saturated carbocycles. The third-order valence-electron chi connectivity index (χ3n) is 3.59. The molecule has 0 heterocycles. The summed E-state index contributed by atoms with van der Waals surface area (Å²) in [6.45, 7) is 6.26. The molecule has 0 aromatic rings. The predicted molar refractivity (Wildman–Crippen MR) is 63.8 cm³/mol. The van der Waals surface area contributed by atoms with Gasteiger partial charge in [-0.15, -0.1) is 0 Å². The van der Waals surface area contributed by atoms with Crippen molar-refractivity contribution in [2.75, 3.05) is 12.3 Å². The Labute approximate surface area is 93.6 Å². The van der Waals surface area contributed by atoms with Crippen LogP contribution in [-0.2, 0) is 9.84 Å².